The van der Waals surface area contributed by atoms with Gasteiger partial charge in [-0.25, -0.2) is 13.2 Å². The molecule has 0 fully saturated rings. The van der Waals surface area contributed by atoms with E-state index in [2.05, 4.69) is 4.72 Å². The average molecular weight is 429 g/mol. The van der Waals surface area contributed by atoms with Crippen molar-refractivity contribution >= 4 is 39.1 Å². The van der Waals surface area contributed by atoms with E-state index < -0.39 is 16.0 Å². The van der Waals surface area contributed by atoms with E-state index in [1.54, 1.807) is 19.1 Å². The highest BCUT2D eigenvalue weighted by Gasteiger charge is 2.17. The first-order valence-corrected chi connectivity index (χ1v) is 11.1. The Labute approximate surface area is 174 Å². The summed E-state index contributed by atoms with van der Waals surface area (Å²) in [5.41, 5.74) is 6.63. The van der Waals surface area contributed by atoms with Crippen molar-refractivity contribution in [2.75, 3.05) is 17.1 Å². The predicted octanol–water partition coefficient (Wildman–Crippen LogP) is 4.40. The summed E-state index contributed by atoms with van der Waals surface area (Å²) in [6.07, 6.45) is 0. The Kier molecular flexibility index (Phi) is 6.46. The number of benzene rings is 3. The molecule has 0 aromatic heterocycles. The maximum Gasteiger partial charge on any atom is 0.338 e. The maximum atomic E-state index is 12.7. The Morgan fingerprint density at radius 3 is 2.34 bits per heavy atom. The van der Waals surface area contributed by atoms with E-state index in [4.69, 9.17) is 10.5 Å². The highest BCUT2D eigenvalue weighted by Crippen LogP contribution is 2.31. The highest BCUT2D eigenvalue weighted by molar-refractivity contribution is 7.99. The van der Waals surface area contributed by atoms with Crippen LogP contribution in [0.25, 0.3) is 0 Å². The number of nitrogens with one attached hydrogen (secondary N) is 1. The number of sulfonamides is 1. The molecule has 0 aliphatic heterocycles. The SMILES string of the molecule is CCOC(=O)c1cc(NS(=O)(=O)c2ccc(N)cc2)cc(Sc2ccccc2)c1. The summed E-state index contributed by atoms with van der Waals surface area (Å²) in [5, 5.41) is 0. The minimum Gasteiger partial charge on any atom is -0.462 e. The first-order valence-electron chi connectivity index (χ1n) is 8.81. The summed E-state index contributed by atoms with van der Waals surface area (Å²) in [6.45, 7) is 1.94. The molecule has 0 spiro atoms. The first kappa shape index (κ1) is 20.8. The maximum absolute atomic E-state index is 12.7. The third kappa shape index (κ3) is 5.52. The number of anilines is 2. The normalized spacial score (nSPS) is 11.1. The van der Waals surface area contributed by atoms with Gasteiger partial charge in [0.1, 0.15) is 0 Å². The van der Waals surface area contributed by atoms with Crippen molar-refractivity contribution < 1.29 is 17.9 Å². The topological polar surface area (TPSA) is 98.5 Å². The van der Waals surface area contributed by atoms with Crippen molar-refractivity contribution in [1.82, 2.24) is 0 Å². The molecule has 0 unspecified atom stereocenters. The third-order valence-corrected chi connectivity index (χ3v) is 6.22. The molecular formula is C21H20N2O4S2. The summed E-state index contributed by atoms with van der Waals surface area (Å²) in [5.74, 6) is -0.518. The zero-order chi connectivity index (χ0) is 20.9. The predicted molar refractivity (Wildman–Crippen MR) is 115 cm³/mol. The molecule has 0 amide bonds. The van der Waals surface area contributed by atoms with Crippen molar-refractivity contribution in [1.29, 1.82) is 0 Å². The van der Waals surface area contributed by atoms with Crippen molar-refractivity contribution in [3.8, 4) is 0 Å². The van der Waals surface area contributed by atoms with Gasteiger partial charge in [0.15, 0.2) is 0 Å². The number of carbonyl (C=O) groups is 1. The molecule has 0 bridgehead atoms. The van der Waals surface area contributed by atoms with Gasteiger partial charge in [0.2, 0.25) is 0 Å². The minimum atomic E-state index is -3.84. The second-order valence-corrected chi connectivity index (χ2v) is 8.89. The van der Waals surface area contributed by atoms with E-state index in [-0.39, 0.29) is 22.8 Å². The lowest BCUT2D eigenvalue weighted by atomic mass is 10.2. The fourth-order valence-corrected chi connectivity index (χ4v) is 4.51. The Balaban J connectivity index is 1.95. The number of hydrogen-bond acceptors (Lipinski definition) is 6. The number of carbonyl (C=O) groups excluding carboxylic acids is 1. The molecule has 0 atom stereocenters. The zero-order valence-electron chi connectivity index (χ0n) is 15.7. The zero-order valence-corrected chi connectivity index (χ0v) is 17.3. The molecule has 29 heavy (non-hydrogen) atoms. The number of rotatable bonds is 7. The molecule has 0 heterocycles. The van der Waals surface area contributed by atoms with Gasteiger partial charge in [0.05, 0.1) is 22.8 Å². The number of nitrogens with two attached hydrogens (primary N) is 1. The van der Waals surface area contributed by atoms with Gasteiger partial charge in [0.25, 0.3) is 10.0 Å². The van der Waals surface area contributed by atoms with Crippen LogP contribution in [-0.2, 0) is 14.8 Å². The lowest BCUT2D eigenvalue weighted by Crippen LogP contribution is -2.14. The van der Waals surface area contributed by atoms with E-state index in [9.17, 15) is 13.2 Å². The van der Waals surface area contributed by atoms with Gasteiger partial charge in [-0.1, -0.05) is 30.0 Å². The summed E-state index contributed by atoms with van der Waals surface area (Å²) < 4.78 is 33.0. The Hall–Kier alpha value is -2.97. The third-order valence-electron chi connectivity index (χ3n) is 3.84. The van der Waals surface area contributed by atoms with Crippen LogP contribution < -0.4 is 10.5 Å². The fraction of sp³-hybridized carbons (Fsp3) is 0.0952. The monoisotopic (exact) mass is 428 g/mol. The number of hydrogen-bond donors (Lipinski definition) is 2. The Morgan fingerprint density at radius 1 is 1.00 bits per heavy atom. The quantitative estimate of drug-likeness (QED) is 0.428. The smallest absolute Gasteiger partial charge is 0.338 e. The first-order chi connectivity index (χ1) is 13.9. The molecule has 0 aliphatic carbocycles. The van der Waals surface area contributed by atoms with Gasteiger partial charge in [-0.15, -0.1) is 0 Å². The molecule has 0 saturated carbocycles. The molecule has 6 nitrogen and oxygen atoms in total. The number of esters is 1. The Bertz CT molecular complexity index is 1100. The standard InChI is InChI=1S/C21H20N2O4S2/c1-2-27-21(24)15-12-17(14-19(13-15)28-18-6-4-3-5-7-18)23-29(25,26)20-10-8-16(22)9-11-20/h3-14,23H,2,22H2,1H3. The molecule has 8 heteroatoms. The van der Waals surface area contributed by atoms with Crippen LogP contribution in [0.15, 0.2) is 87.5 Å². The Morgan fingerprint density at radius 2 is 1.69 bits per heavy atom. The van der Waals surface area contributed by atoms with Gasteiger partial charge in [-0.2, -0.15) is 0 Å². The van der Waals surface area contributed by atoms with Crippen LogP contribution in [-0.4, -0.2) is 21.0 Å². The molecule has 0 saturated heterocycles. The molecule has 3 rings (SSSR count). The van der Waals surface area contributed by atoms with Crippen molar-refractivity contribution in [3.63, 3.8) is 0 Å². The largest absolute Gasteiger partial charge is 0.462 e. The number of ether oxygens (including phenoxy) is 1. The van der Waals surface area contributed by atoms with Gasteiger partial charge < -0.3 is 10.5 Å². The van der Waals surface area contributed by atoms with Gasteiger partial charge in [0, 0.05) is 15.5 Å². The van der Waals surface area contributed by atoms with Gasteiger partial charge >= 0.3 is 5.97 Å². The summed E-state index contributed by atoms with van der Waals surface area (Å²) in [6, 6.07) is 20.3. The van der Waals surface area contributed by atoms with Crippen LogP contribution in [0.3, 0.4) is 0 Å². The minimum absolute atomic E-state index is 0.0745. The number of nitrogen functional groups attached to an aromatic ring is 1. The van der Waals surface area contributed by atoms with Crippen molar-refractivity contribution in [2.45, 2.75) is 21.6 Å². The fourth-order valence-electron chi connectivity index (χ4n) is 2.53. The summed E-state index contributed by atoms with van der Waals surface area (Å²) in [4.78, 5) is 14.0. The molecule has 3 N–H and O–H groups in total. The van der Waals surface area contributed by atoms with Crippen LogP contribution in [0.5, 0.6) is 0 Å². The van der Waals surface area contributed by atoms with Crippen molar-refractivity contribution in [3.05, 3.63) is 78.4 Å². The van der Waals surface area contributed by atoms with Gasteiger partial charge in [-0.3, -0.25) is 4.72 Å². The van der Waals surface area contributed by atoms with Crippen LogP contribution in [0.2, 0.25) is 0 Å². The average Bonchev–Trinajstić information content (AvgIpc) is 2.69. The summed E-state index contributed by atoms with van der Waals surface area (Å²) >= 11 is 1.42. The van der Waals surface area contributed by atoms with E-state index in [0.717, 1.165) is 4.90 Å². The molecular weight excluding hydrogens is 408 g/mol. The van der Waals surface area contributed by atoms with E-state index in [1.165, 1.54) is 42.1 Å². The second-order valence-electron chi connectivity index (χ2n) is 6.06. The molecule has 3 aromatic carbocycles. The highest BCUT2D eigenvalue weighted by atomic mass is 32.2. The van der Waals surface area contributed by atoms with E-state index in [1.807, 2.05) is 30.3 Å². The van der Waals surface area contributed by atoms with Crippen LogP contribution >= 0.6 is 11.8 Å². The molecule has 0 aliphatic rings. The van der Waals surface area contributed by atoms with Crippen LogP contribution in [0.4, 0.5) is 11.4 Å². The second kappa shape index (κ2) is 9.02. The van der Waals surface area contributed by atoms with Crippen LogP contribution in [0, 0.1) is 0 Å². The van der Waals surface area contributed by atoms with Gasteiger partial charge in [-0.05, 0) is 61.5 Å². The van der Waals surface area contributed by atoms with Crippen molar-refractivity contribution in [2.24, 2.45) is 0 Å². The molecule has 3 aromatic rings. The lowest BCUT2D eigenvalue weighted by Gasteiger charge is -2.12. The van der Waals surface area contributed by atoms with E-state index in [0.29, 0.717) is 10.6 Å². The molecule has 150 valence electrons. The van der Waals surface area contributed by atoms with Crippen LogP contribution in [0.1, 0.15) is 17.3 Å². The summed E-state index contributed by atoms with van der Waals surface area (Å²) in [7, 11) is -3.84. The molecule has 0 radical (unpaired) electrons. The van der Waals surface area contributed by atoms with E-state index >= 15 is 0 Å². The lowest BCUT2D eigenvalue weighted by molar-refractivity contribution is 0.0526.